The van der Waals surface area contributed by atoms with E-state index in [4.69, 9.17) is 27.7 Å². The van der Waals surface area contributed by atoms with Crippen molar-refractivity contribution in [3.05, 3.63) is 51.3 Å². The van der Waals surface area contributed by atoms with Gasteiger partial charge in [0.1, 0.15) is 6.26 Å². The van der Waals surface area contributed by atoms with Crippen molar-refractivity contribution in [1.82, 2.24) is 10.1 Å². The van der Waals surface area contributed by atoms with Gasteiger partial charge < -0.3 is 9.42 Å². The summed E-state index contributed by atoms with van der Waals surface area (Å²) < 4.78 is 4.73. The number of hydrogen-bond donors (Lipinski definition) is 0. The molecule has 0 fully saturated rings. The van der Waals surface area contributed by atoms with Crippen molar-refractivity contribution in [1.29, 1.82) is 0 Å². The maximum Gasteiger partial charge on any atom is 0.229 e. The fourth-order valence-electron chi connectivity index (χ4n) is 2.39. The van der Waals surface area contributed by atoms with Crippen LogP contribution in [0.25, 0.3) is 0 Å². The Kier molecular flexibility index (Phi) is 3.68. The highest BCUT2D eigenvalue weighted by molar-refractivity contribution is 6.35. The first-order valence-corrected chi connectivity index (χ1v) is 7.03. The van der Waals surface area contributed by atoms with E-state index in [9.17, 15) is 4.79 Å². The largest absolute Gasteiger partial charge is 0.364 e. The van der Waals surface area contributed by atoms with Crippen molar-refractivity contribution in [3.63, 3.8) is 0 Å². The lowest BCUT2D eigenvalue weighted by Crippen LogP contribution is -2.37. The normalized spacial score (nSPS) is 14.2. The van der Waals surface area contributed by atoms with Gasteiger partial charge in [-0.05, 0) is 29.7 Å². The summed E-state index contributed by atoms with van der Waals surface area (Å²) in [5.41, 5.74) is 2.74. The minimum absolute atomic E-state index is 0.0237. The average molecular weight is 311 g/mol. The molecule has 1 aliphatic heterocycles. The average Bonchev–Trinajstić information content (AvgIpc) is 2.91. The third kappa shape index (κ3) is 2.67. The van der Waals surface area contributed by atoms with E-state index < -0.39 is 0 Å². The first-order valence-electron chi connectivity index (χ1n) is 6.27. The Bertz CT molecular complexity index is 641. The fourth-order valence-corrected chi connectivity index (χ4v) is 2.99. The number of amides is 1. The highest BCUT2D eigenvalue weighted by atomic mass is 35.5. The molecule has 0 bridgehead atoms. The van der Waals surface area contributed by atoms with E-state index in [1.165, 1.54) is 6.26 Å². The fraction of sp³-hybridized carbons (Fsp3) is 0.286. The van der Waals surface area contributed by atoms with Crippen molar-refractivity contribution < 1.29 is 9.32 Å². The minimum atomic E-state index is 0.0237. The highest BCUT2D eigenvalue weighted by Crippen LogP contribution is 2.30. The maximum atomic E-state index is 12.2. The van der Waals surface area contributed by atoms with Crippen LogP contribution in [0.15, 0.2) is 29.0 Å². The van der Waals surface area contributed by atoms with Crippen molar-refractivity contribution in [2.45, 2.75) is 19.4 Å². The summed E-state index contributed by atoms with van der Waals surface area (Å²) in [6, 6.07) is 5.33. The number of aromatic nitrogens is 1. The van der Waals surface area contributed by atoms with Crippen LogP contribution >= 0.6 is 23.2 Å². The van der Waals surface area contributed by atoms with Gasteiger partial charge in [0, 0.05) is 29.2 Å². The number of carbonyl (C=O) groups excluding carboxylic acids is 1. The highest BCUT2D eigenvalue weighted by Gasteiger charge is 2.23. The molecule has 1 aliphatic rings. The number of fused-ring (bicyclic) bond motifs is 1. The summed E-state index contributed by atoms with van der Waals surface area (Å²) in [5, 5.41) is 5.01. The summed E-state index contributed by atoms with van der Waals surface area (Å²) in [6.45, 7) is 1.18. The Morgan fingerprint density at radius 3 is 3.00 bits per heavy atom. The molecule has 2 aromatic rings. The number of rotatable bonds is 2. The zero-order chi connectivity index (χ0) is 14.1. The Hall–Kier alpha value is -1.52. The molecule has 3 rings (SSSR count). The van der Waals surface area contributed by atoms with Crippen LogP contribution < -0.4 is 0 Å². The van der Waals surface area contributed by atoms with Crippen molar-refractivity contribution in [2.24, 2.45) is 0 Å². The third-order valence-corrected chi connectivity index (χ3v) is 3.98. The van der Waals surface area contributed by atoms with Crippen LogP contribution in [0.3, 0.4) is 0 Å². The van der Waals surface area contributed by atoms with Gasteiger partial charge in [0.15, 0.2) is 0 Å². The first-order chi connectivity index (χ1) is 9.63. The molecule has 1 aromatic heterocycles. The number of carbonyl (C=O) groups is 1. The Morgan fingerprint density at radius 2 is 2.25 bits per heavy atom. The second kappa shape index (κ2) is 5.46. The molecule has 0 radical (unpaired) electrons. The molecule has 1 amide bonds. The van der Waals surface area contributed by atoms with Gasteiger partial charge in [0.05, 0.1) is 12.1 Å². The molecule has 0 N–H and O–H groups in total. The monoisotopic (exact) mass is 310 g/mol. The SMILES string of the molecule is O=C(Cc1ccon1)N1CCc2cc(Cl)cc(Cl)c2C1. The van der Waals surface area contributed by atoms with Gasteiger partial charge in [-0.1, -0.05) is 28.4 Å². The molecule has 0 spiro atoms. The predicted molar refractivity (Wildman–Crippen MR) is 75.8 cm³/mol. The van der Waals surface area contributed by atoms with E-state index in [0.717, 1.165) is 17.5 Å². The number of benzene rings is 1. The second-order valence-electron chi connectivity index (χ2n) is 4.76. The summed E-state index contributed by atoms with van der Waals surface area (Å²) in [5.74, 6) is 0.0237. The molecule has 6 heteroatoms. The van der Waals surface area contributed by atoms with E-state index in [2.05, 4.69) is 5.16 Å². The number of hydrogen-bond acceptors (Lipinski definition) is 3. The molecule has 0 aliphatic carbocycles. The standard InChI is InChI=1S/C14H12Cl2N2O2/c15-10-5-9-1-3-18(8-12(9)13(16)6-10)14(19)7-11-2-4-20-17-11/h2,4-6H,1,3,7-8H2. The molecule has 1 aromatic carbocycles. The van der Waals surface area contributed by atoms with Gasteiger partial charge in [-0.25, -0.2) is 0 Å². The van der Waals surface area contributed by atoms with E-state index in [-0.39, 0.29) is 12.3 Å². The van der Waals surface area contributed by atoms with Crippen LogP contribution in [0.2, 0.25) is 10.0 Å². The quantitative estimate of drug-likeness (QED) is 0.856. The molecular formula is C14H12Cl2N2O2. The van der Waals surface area contributed by atoms with Crippen LogP contribution in [0.1, 0.15) is 16.8 Å². The van der Waals surface area contributed by atoms with Crippen LogP contribution in [-0.4, -0.2) is 22.5 Å². The van der Waals surface area contributed by atoms with Gasteiger partial charge >= 0.3 is 0 Å². The summed E-state index contributed by atoms with van der Waals surface area (Å²) in [6.07, 6.45) is 2.48. The summed E-state index contributed by atoms with van der Waals surface area (Å²) in [7, 11) is 0. The van der Waals surface area contributed by atoms with E-state index in [0.29, 0.717) is 28.8 Å². The molecule has 0 atom stereocenters. The van der Waals surface area contributed by atoms with Crippen molar-refractivity contribution >= 4 is 29.1 Å². The summed E-state index contributed by atoms with van der Waals surface area (Å²) in [4.78, 5) is 14.0. The Balaban J connectivity index is 1.76. The van der Waals surface area contributed by atoms with Gasteiger partial charge in [0.25, 0.3) is 0 Å². The molecule has 0 saturated carbocycles. The lowest BCUT2D eigenvalue weighted by atomic mass is 9.99. The zero-order valence-electron chi connectivity index (χ0n) is 10.6. The van der Waals surface area contributed by atoms with Gasteiger partial charge in [-0.2, -0.15) is 0 Å². The van der Waals surface area contributed by atoms with Gasteiger partial charge in [-0.3, -0.25) is 4.79 Å². The van der Waals surface area contributed by atoms with E-state index in [1.807, 2.05) is 6.07 Å². The number of nitrogens with zero attached hydrogens (tertiary/aromatic N) is 2. The second-order valence-corrected chi connectivity index (χ2v) is 5.60. The summed E-state index contributed by atoms with van der Waals surface area (Å²) >= 11 is 12.2. The molecule has 104 valence electrons. The van der Waals surface area contributed by atoms with Crippen LogP contribution in [-0.2, 0) is 24.2 Å². The molecule has 2 heterocycles. The Labute approximate surface area is 126 Å². The van der Waals surface area contributed by atoms with Crippen LogP contribution in [0.5, 0.6) is 0 Å². The lowest BCUT2D eigenvalue weighted by molar-refractivity contribution is -0.131. The smallest absolute Gasteiger partial charge is 0.229 e. The molecule has 20 heavy (non-hydrogen) atoms. The van der Waals surface area contributed by atoms with Crippen LogP contribution in [0.4, 0.5) is 0 Å². The van der Waals surface area contributed by atoms with E-state index in [1.54, 1.807) is 17.0 Å². The van der Waals surface area contributed by atoms with E-state index >= 15 is 0 Å². The predicted octanol–water partition coefficient (Wildman–Crippen LogP) is 3.11. The first kappa shape index (κ1) is 13.5. The van der Waals surface area contributed by atoms with Crippen molar-refractivity contribution in [3.8, 4) is 0 Å². The number of halogens is 2. The lowest BCUT2D eigenvalue weighted by Gasteiger charge is -2.29. The third-order valence-electron chi connectivity index (χ3n) is 3.43. The maximum absolute atomic E-state index is 12.2. The van der Waals surface area contributed by atoms with Crippen molar-refractivity contribution in [2.75, 3.05) is 6.54 Å². The molecular weight excluding hydrogens is 299 g/mol. The van der Waals surface area contributed by atoms with Crippen LogP contribution in [0, 0.1) is 0 Å². The topological polar surface area (TPSA) is 46.3 Å². The zero-order valence-corrected chi connectivity index (χ0v) is 12.1. The van der Waals surface area contributed by atoms with Gasteiger partial charge in [0.2, 0.25) is 5.91 Å². The minimum Gasteiger partial charge on any atom is -0.364 e. The molecule has 4 nitrogen and oxygen atoms in total. The van der Waals surface area contributed by atoms with Gasteiger partial charge in [-0.15, -0.1) is 0 Å². The Morgan fingerprint density at radius 1 is 1.40 bits per heavy atom. The molecule has 0 saturated heterocycles. The molecule has 0 unspecified atom stereocenters.